The second-order valence-electron chi connectivity index (χ2n) is 3.20. The number of nitrogens with zero attached hydrogens (tertiary/aromatic N) is 5. The number of aryl methyl sites for hydroxylation is 1. The van der Waals surface area contributed by atoms with Crippen LogP contribution in [-0.2, 0) is 7.05 Å². The maximum atomic E-state index is 11.2. The molecule has 0 fully saturated rings. The molecule has 0 aliphatic rings. The summed E-state index contributed by atoms with van der Waals surface area (Å²) in [7, 11) is 3.15. The fourth-order valence-corrected chi connectivity index (χ4v) is 1.27. The van der Waals surface area contributed by atoms with Gasteiger partial charge in [-0.2, -0.15) is 15.0 Å². The molecule has 2 aromatic rings. The Labute approximate surface area is 107 Å². The van der Waals surface area contributed by atoms with E-state index in [0.717, 1.165) is 4.68 Å². The SMILES string of the molecule is CNc1nc(Cl)nc(Oc2ccc(=O)n(C)n2)n1. The first-order valence-corrected chi connectivity index (χ1v) is 5.28. The maximum absolute atomic E-state index is 11.2. The van der Waals surface area contributed by atoms with Gasteiger partial charge >= 0.3 is 6.01 Å². The number of ether oxygens (including phenoxy) is 1. The van der Waals surface area contributed by atoms with Gasteiger partial charge in [-0.1, -0.05) is 0 Å². The average Bonchev–Trinajstić information content (AvgIpc) is 2.33. The zero-order chi connectivity index (χ0) is 13.1. The van der Waals surface area contributed by atoms with Gasteiger partial charge in [0.2, 0.25) is 17.1 Å². The molecular weight excluding hydrogens is 260 g/mol. The fourth-order valence-electron chi connectivity index (χ4n) is 1.12. The Balaban J connectivity index is 2.30. The molecule has 0 aliphatic carbocycles. The molecule has 9 heteroatoms. The van der Waals surface area contributed by atoms with Crippen LogP contribution in [0.1, 0.15) is 0 Å². The second-order valence-corrected chi connectivity index (χ2v) is 3.53. The topological polar surface area (TPSA) is 94.8 Å². The van der Waals surface area contributed by atoms with E-state index in [9.17, 15) is 4.79 Å². The van der Waals surface area contributed by atoms with Crippen molar-refractivity contribution in [2.24, 2.45) is 7.05 Å². The summed E-state index contributed by atoms with van der Waals surface area (Å²) >= 11 is 5.69. The largest absolute Gasteiger partial charge is 0.403 e. The number of aromatic nitrogens is 5. The minimum absolute atomic E-state index is 0.00540. The lowest BCUT2D eigenvalue weighted by atomic mass is 10.5. The molecule has 2 heterocycles. The van der Waals surface area contributed by atoms with Crippen LogP contribution in [0.3, 0.4) is 0 Å². The van der Waals surface area contributed by atoms with Crippen molar-refractivity contribution >= 4 is 17.5 Å². The van der Waals surface area contributed by atoms with Crippen molar-refractivity contribution in [3.8, 4) is 11.9 Å². The van der Waals surface area contributed by atoms with Gasteiger partial charge in [-0.05, 0) is 11.6 Å². The molecule has 94 valence electrons. The summed E-state index contributed by atoms with van der Waals surface area (Å²) in [5.41, 5.74) is -0.244. The monoisotopic (exact) mass is 268 g/mol. The van der Waals surface area contributed by atoms with Gasteiger partial charge in [0.25, 0.3) is 5.56 Å². The van der Waals surface area contributed by atoms with Crippen molar-refractivity contribution in [3.05, 3.63) is 27.8 Å². The molecule has 0 saturated heterocycles. The Morgan fingerprint density at radius 1 is 1.33 bits per heavy atom. The molecule has 0 unspecified atom stereocenters. The maximum Gasteiger partial charge on any atom is 0.329 e. The number of nitrogens with one attached hydrogen (secondary N) is 1. The minimum Gasteiger partial charge on any atom is -0.403 e. The number of halogens is 1. The summed E-state index contributed by atoms with van der Waals surface area (Å²) < 4.78 is 6.42. The Morgan fingerprint density at radius 3 is 2.78 bits per heavy atom. The van der Waals surface area contributed by atoms with Gasteiger partial charge in [0.1, 0.15) is 0 Å². The third-order valence-electron chi connectivity index (χ3n) is 1.94. The van der Waals surface area contributed by atoms with Crippen LogP contribution in [0.4, 0.5) is 5.95 Å². The van der Waals surface area contributed by atoms with E-state index >= 15 is 0 Å². The van der Waals surface area contributed by atoms with E-state index in [1.54, 1.807) is 7.05 Å². The normalized spacial score (nSPS) is 10.2. The Morgan fingerprint density at radius 2 is 2.11 bits per heavy atom. The smallest absolute Gasteiger partial charge is 0.329 e. The molecule has 18 heavy (non-hydrogen) atoms. The summed E-state index contributed by atoms with van der Waals surface area (Å²) in [6.45, 7) is 0. The molecule has 0 radical (unpaired) electrons. The zero-order valence-corrected chi connectivity index (χ0v) is 10.3. The molecule has 2 rings (SSSR count). The van der Waals surface area contributed by atoms with Crippen molar-refractivity contribution in [2.45, 2.75) is 0 Å². The van der Waals surface area contributed by atoms with E-state index in [2.05, 4.69) is 25.4 Å². The Kier molecular flexibility index (Phi) is 3.38. The average molecular weight is 269 g/mol. The third kappa shape index (κ3) is 2.72. The zero-order valence-electron chi connectivity index (χ0n) is 9.59. The van der Waals surface area contributed by atoms with Crippen LogP contribution in [-0.4, -0.2) is 31.8 Å². The second kappa shape index (κ2) is 4.96. The van der Waals surface area contributed by atoms with Gasteiger partial charge in [0, 0.05) is 26.2 Å². The number of anilines is 1. The standard InChI is InChI=1S/C9H9ClN6O2/c1-11-8-12-7(10)13-9(14-8)18-5-3-4-6(17)16(2)15-5/h3-4H,1-2H3,(H,11,12,13,14). The van der Waals surface area contributed by atoms with E-state index in [-0.39, 0.29) is 28.7 Å². The molecule has 0 amide bonds. The van der Waals surface area contributed by atoms with Crippen molar-refractivity contribution in [3.63, 3.8) is 0 Å². The Hall–Kier alpha value is -2.22. The fraction of sp³-hybridized carbons (Fsp3) is 0.222. The first-order valence-electron chi connectivity index (χ1n) is 4.90. The van der Waals surface area contributed by atoms with Crippen LogP contribution in [0.25, 0.3) is 0 Å². The predicted octanol–water partition coefficient (Wildman–Crippen LogP) is 0.453. The molecule has 0 spiro atoms. The highest BCUT2D eigenvalue weighted by Crippen LogP contribution is 2.16. The molecule has 0 bridgehead atoms. The summed E-state index contributed by atoms with van der Waals surface area (Å²) in [5, 5.41) is 6.58. The summed E-state index contributed by atoms with van der Waals surface area (Å²) in [4.78, 5) is 22.7. The Bertz CT molecular complexity index is 629. The molecule has 0 aromatic carbocycles. The van der Waals surface area contributed by atoms with Crippen LogP contribution in [0.2, 0.25) is 5.28 Å². The van der Waals surface area contributed by atoms with Crippen molar-refractivity contribution < 1.29 is 4.74 Å². The number of hydrogen-bond acceptors (Lipinski definition) is 7. The van der Waals surface area contributed by atoms with Gasteiger partial charge in [0.15, 0.2) is 0 Å². The van der Waals surface area contributed by atoms with Crippen LogP contribution in [0.5, 0.6) is 11.9 Å². The van der Waals surface area contributed by atoms with Gasteiger partial charge in [-0.25, -0.2) is 4.68 Å². The van der Waals surface area contributed by atoms with Gasteiger partial charge in [0.05, 0.1) is 0 Å². The van der Waals surface area contributed by atoms with E-state index in [4.69, 9.17) is 16.3 Å². The highest BCUT2D eigenvalue weighted by molar-refractivity contribution is 6.28. The van der Waals surface area contributed by atoms with Gasteiger partial charge in [-0.15, -0.1) is 5.10 Å². The lowest BCUT2D eigenvalue weighted by Gasteiger charge is -2.05. The van der Waals surface area contributed by atoms with Crippen LogP contribution < -0.4 is 15.6 Å². The third-order valence-corrected chi connectivity index (χ3v) is 2.11. The number of hydrogen-bond donors (Lipinski definition) is 1. The van der Waals surface area contributed by atoms with Crippen molar-refractivity contribution in [2.75, 3.05) is 12.4 Å². The summed E-state index contributed by atoms with van der Waals surface area (Å²) in [6, 6.07) is 2.73. The van der Waals surface area contributed by atoms with Crippen LogP contribution in [0, 0.1) is 0 Å². The van der Waals surface area contributed by atoms with Gasteiger partial charge in [-0.3, -0.25) is 4.79 Å². The quantitative estimate of drug-likeness (QED) is 0.863. The van der Waals surface area contributed by atoms with E-state index in [1.165, 1.54) is 19.2 Å². The van der Waals surface area contributed by atoms with Crippen molar-refractivity contribution in [1.82, 2.24) is 24.7 Å². The van der Waals surface area contributed by atoms with E-state index in [0.29, 0.717) is 0 Å². The molecule has 8 nitrogen and oxygen atoms in total. The van der Waals surface area contributed by atoms with Crippen molar-refractivity contribution in [1.29, 1.82) is 0 Å². The lowest BCUT2D eigenvalue weighted by Crippen LogP contribution is -2.18. The van der Waals surface area contributed by atoms with E-state index in [1.807, 2.05) is 0 Å². The van der Waals surface area contributed by atoms with Crippen LogP contribution >= 0.6 is 11.6 Å². The molecule has 0 saturated carbocycles. The predicted molar refractivity (Wildman–Crippen MR) is 63.9 cm³/mol. The molecule has 2 aromatic heterocycles. The highest BCUT2D eigenvalue weighted by Gasteiger charge is 2.07. The lowest BCUT2D eigenvalue weighted by molar-refractivity contribution is 0.406. The van der Waals surface area contributed by atoms with Gasteiger partial charge < -0.3 is 10.1 Å². The molecular formula is C9H9ClN6O2. The molecule has 0 atom stereocenters. The number of rotatable bonds is 3. The molecule has 0 aliphatic heterocycles. The summed E-state index contributed by atoms with van der Waals surface area (Å²) in [5.74, 6) is 0.455. The molecule has 1 N–H and O–H groups in total. The first-order chi connectivity index (χ1) is 8.58. The minimum atomic E-state index is -0.244. The van der Waals surface area contributed by atoms with Crippen LogP contribution in [0.15, 0.2) is 16.9 Å². The summed E-state index contributed by atoms with van der Waals surface area (Å²) in [6.07, 6.45) is 0. The highest BCUT2D eigenvalue weighted by atomic mass is 35.5. The first kappa shape index (κ1) is 12.2. The van der Waals surface area contributed by atoms with E-state index < -0.39 is 0 Å².